The minimum atomic E-state index is -0.163. The van der Waals surface area contributed by atoms with Crippen LogP contribution in [-0.4, -0.2) is 20.1 Å². The van der Waals surface area contributed by atoms with Crippen molar-refractivity contribution in [1.29, 1.82) is 0 Å². The van der Waals surface area contributed by atoms with Crippen LogP contribution in [0.1, 0.15) is 12.5 Å². The molecule has 0 atom stereocenters. The molecule has 2 N–H and O–H groups in total. The fourth-order valence-electron chi connectivity index (χ4n) is 2.81. The Hall–Kier alpha value is -3.73. The molecule has 0 heterocycles. The molecule has 0 saturated heterocycles. The van der Waals surface area contributed by atoms with Crippen LogP contribution in [0.5, 0.6) is 11.5 Å². The molecule has 3 rings (SSSR count). The van der Waals surface area contributed by atoms with E-state index in [1.165, 1.54) is 0 Å². The second-order valence-corrected chi connectivity index (χ2v) is 6.46. The largest absolute Gasteiger partial charge is 0.493 e. The van der Waals surface area contributed by atoms with Gasteiger partial charge in [0.15, 0.2) is 11.5 Å². The van der Waals surface area contributed by atoms with Gasteiger partial charge in [0.05, 0.1) is 14.2 Å². The molecule has 0 aliphatic carbocycles. The molecule has 1 amide bonds. The Morgan fingerprint density at radius 3 is 2.07 bits per heavy atom. The maximum atomic E-state index is 12.5. The summed E-state index contributed by atoms with van der Waals surface area (Å²) in [6.07, 6.45) is 1.81. The molecule has 0 bridgehead atoms. The average Bonchev–Trinajstić information content (AvgIpc) is 2.75. The Balaban J connectivity index is 1.65. The van der Waals surface area contributed by atoms with Gasteiger partial charge >= 0.3 is 0 Å². The van der Waals surface area contributed by atoms with E-state index >= 15 is 0 Å². The van der Waals surface area contributed by atoms with E-state index in [4.69, 9.17) is 9.47 Å². The van der Waals surface area contributed by atoms with Gasteiger partial charge in [-0.25, -0.2) is 0 Å². The number of methoxy groups -OCH3 is 2. The lowest BCUT2D eigenvalue weighted by atomic mass is 10.1. The lowest BCUT2D eigenvalue weighted by Gasteiger charge is -2.10. The van der Waals surface area contributed by atoms with Crippen molar-refractivity contribution < 1.29 is 14.3 Å². The van der Waals surface area contributed by atoms with Gasteiger partial charge in [0, 0.05) is 22.6 Å². The summed E-state index contributed by atoms with van der Waals surface area (Å²) in [5, 5.41) is 6.23. The van der Waals surface area contributed by atoms with Crippen LogP contribution in [0.4, 0.5) is 17.1 Å². The molecule has 3 aromatic rings. The minimum absolute atomic E-state index is 0.163. The van der Waals surface area contributed by atoms with Crippen LogP contribution in [0, 0.1) is 0 Å². The van der Waals surface area contributed by atoms with Gasteiger partial charge in [-0.05, 0) is 67.1 Å². The van der Waals surface area contributed by atoms with Crippen LogP contribution in [0.15, 0.2) is 78.4 Å². The van der Waals surface area contributed by atoms with Gasteiger partial charge < -0.3 is 20.1 Å². The standard InChI is InChI=1S/C24H24N2O3/c1-17(15-18-9-14-22(28-2)23(16-18)29-3)24(27)26-21-12-10-20(11-13-21)25-19-7-5-4-6-8-19/h4-16,25H,1-3H3,(H,26,27)/b17-15+. The van der Waals surface area contributed by atoms with E-state index in [0.717, 1.165) is 22.6 Å². The van der Waals surface area contributed by atoms with Gasteiger partial charge in [-0.15, -0.1) is 0 Å². The van der Waals surface area contributed by atoms with Crippen LogP contribution in [0.25, 0.3) is 6.08 Å². The van der Waals surface area contributed by atoms with Gasteiger partial charge in [0.2, 0.25) is 0 Å². The van der Waals surface area contributed by atoms with Gasteiger partial charge in [0.1, 0.15) is 0 Å². The third-order valence-electron chi connectivity index (χ3n) is 4.35. The van der Waals surface area contributed by atoms with Crippen LogP contribution < -0.4 is 20.1 Å². The van der Waals surface area contributed by atoms with Gasteiger partial charge in [0.25, 0.3) is 5.91 Å². The molecule has 0 fully saturated rings. The zero-order chi connectivity index (χ0) is 20.6. The number of nitrogens with one attached hydrogen (secondary N) is 2. The smallest absolute Gasteiger partial charge is 0.251 e. The summed E-state index contributed by atoms with van der Waals surface area (Å²) in [4.78, 5) is 12.5. The third-order valence-corrected chi connectivity index (χ3v) is 4.35. The molecule has 5 heteroatoms. The van der Waals surface area contributed by atoms with Crippen molar-refractivity contribution >= 4 is 29.0 Å². The third kappa shape index (κ3) is 5.39. The van der Waals surface area contributed by atoms with Crippen LogP contribution in [-0.2, 0) is 4.79 Å². The maximum absolute atomic E-state index is 12.5. The lowest BCUT2D eigenvalue weighted by molar-refractivity contribution is -0.112. The van der Waals surface area contributed by atoms with E-state index in [1.54, 1.807) is 21.1 Å². The second-order valence-electron chi connectivity index (χ2n) is 6.46. The Kier molecular flexibility index (Phi) is 6.53. The number of amides is 1. The summed E-state index contributed by atoms with van der Waals surface area (Å²) in [6, 6.07) is 23.0. The number of ether oxygens (including phenoxy) is 2. The number of para-hydroxylation sites is 1. The van der Waals surface area contributed by atoms with E-state index in [2.05, 4.69) is 10.6 Å². The zero-order valence-corrected chi connectivity index (χ0v) is 16.7. The summed E-state index contributed by atoms with van der Waals surface area (Å²) >= 11 is 0. The molecule has 3 aromatic carbocycles. The molecule has 0 aliphatic heterocycles. The molecule has 29 heavy (non-hydrogen) atoms. The monoisotopic (exact) mass is 388 g/mol. The minimum Gasteiger partial charge on any atom is -0.493 e. The summed E-state index contributed by atoms with van der Waals surface area (Å²) in [5.74, 6) is 1.11. The number of carbonyl (C=O) groups excluding carboxylic acids is 1. The van der Waals surface area contributed by atoms with Crippen molar-refractivity contribution in [3.63, 3.8) is 0 Å². The number of carbonyl (C=O) groups is 1. The molecule has 5 nitrogen and oxygen atoms in total. The molecule has 0 unspecified atom stereocenters. The topological polar surface area (TPSA) is 59.6 Å². The molecule has 0 aromatic heterocycles. The fraction of sp³-hybridized carbons (Fsp3) is 0.125. The van der Waals surface area contributed by atoms with Crippen molar-refractivity contribution in [2.24, 2.45) is 0 Å². The normalized spacial score (nSPS) is 10.9. The summed E-state index contributed by atoms with van der Waals surface area (Å²) in [6.45, 7) is 1.78. The van der Waals surface area contributed by atoms with E-state index in [0.29, 0.717) is 17.1 Å². The SMILES string of the molecule is COc1ccc(/C=C(\C)C(=O)Nc2ccc(Nc3ccccc3)cc2)cc1OC. The van der Waals surface area contributed by atoms with E-state index in [9.17, 15) is 4.79 Å². The highest BCUT2D eigenvalue weighted by Crippen LogP contribution is 2.28. The maximum Gasteiger partial charge on any atom is 0.251 e. The molecular formula is C24H24N2O3. The quantitative estimate of drug-likeness (QED) is 0.526. The Labute approximate surface area is 171 Å². The Bertz CT molecular complexity index is 996. The predicted molar refractivity (Wildman–Crippen MR) is 118 cm³/mol. The zero-order valence-electron chi connectivity index (χ0n) is 16.7. The van der Waals surface area contributed by atoms with Crippen LogP contribution >= 0.6 is 0 Å². The highest BCUT2D eigenvalue weighted by Gasteiger charge is 2.08. The first-order valence-electron chi connectivity index (χ1n) is 9.23. The lowest BCUT2D eigenvalue weighted by Crippen LogP contribution is -2.12. The second kappa shape index (κ2) is 9.46. The summed E-state index contributed by atoms with van der Waals surface area (Å²) in [5.41, 5.74) is 4.14. The van der Waals surface area contributed by atoms with E-state index in [1.807, 2.05) is 78.9 Å². The summed E-state index contributed by atoms with van der Waals surface area (Å²) < 4.78 is 10.5. The molecule has 0 spiro atoms. The van der Waals surface area contributed by atoms with Crippen molar-refractivity contribution in [2.45, 2.75) is 6.92 Å². The van der Waals surface area contributed by atoms with Crippen molar-refractivity contribution in [1.82, 2.24) is 0 Å². The first-order chi connectivity index (χ1) is 14.1. The molecule has 0 aliphatic rings. The highest BCUT2D eigenvalue weighted by molar-refractivity contribution is 6.06. The van der Waals surface area contributed by atoms with Crippen LogP contribution in [0.2, 0.25) is 0 Å². The van der Waals surface area contributed by atoms with E-state index in [-0.39, 0.29) is 5.91 Å². The molecule has 0 saturated carbocycles. The number of rotatable bonds is 7. The highest BCUT2D eigenvalue weighted by atomic mass is 16.5. The number of hydrogen-bond donors (Lipinski definition) is 2. The summed E-state index contributed by atoms with van der Waals surface area (Å²) in [7, 11) is 3.17. The van der Waals surface area contributed by atoms with Gasteiger partial charge in [-0.1, -0.05) is 24.3 Å². The molecule has 148 valence electrons. The van der Waals surface area contributed by atoms with Gasteiger partial charge in [-0.2, -0.15) is 0 Å². The van der Waals surface area contributed by atoms with Crippen LogP contribution in [0.3, 0.4) is 0 Å². The van der Waals surface area contributed by atoms with Gasteiger partial charge in [-0.3, -0.25) is 4.79 Å². The number of hydrogen-bond acceptors (Lipinski definition) is 4. The molecule has 0 radical (unpaired) electrons. The van der Waals surface area contributed by atoms with Crippen molar-refractivity contribution in [2.75, 3.05) is 24.9 Å². The predicted octanol–water partition coefficient (Wildman–Crippen LogP) is 5.49. The van der Waals surface area contributed by atoms with Crippen molar-refractivity contribution in [3.05, 3.63) is 83.9 Å². The fourth-order valence-corrected chi connectivity index (χ4v) is 2.81. The number of anilines is 3. The first-order valence-corrected chi connectivity index (χ1v) is 9.23. The Morgan fingerprint density at radius 1 is 0.793 bits per heavy atom. The first kappa shape index (κ1) is 20.0. The van der Waals surface area contributed by atoms with Crippen molar-refractivity contribution in [3.8, 4) is 11.5 Å². The average molecular weight is 388 g/mol. The Morgan fingerprint density at radius 2 is 1.41 bits per heavy atom. The van der Waals surface area contributed by atoms with E-state index < -0.39 is 0 Å². The number of benzene rings is 3. The molecular weight excluding hydrogens is 364 g/mol.